The standard InChI is InChI=1S/C7H11NO2/c8-7(9)5-6-1-3-10-4-2-6/h5H,1-4H2,(H2,8,9). The number of rotatable bonds is 1. The monoisotopic (exact) mass is 141 g/mol. The van der Waals surface area contributed by atoms with E-state index in [1.54, 1.807) is 0 Å². The van der Waals surface area contributed by atoms with Crippen LogP contribution in [0.5, 0.6) is 0 Å². The minimum Gasteiger partial charge on any atom is -0.381 e. The highest BCUT2D eigenvalue weighted by atomic mass is 16.5. The molecule has 0 aromatic carbocycles. The van der Waals surface area contributed by atoms with Crippen LogP contribution in [-0.2, 0) is 9.53 Å². The van der Waals surface area contributed by atoms with Gasteiger partial charge < -0.3 is 10.5 Å². The quantitative estimate of drug-likeness (QED) is 0.530. The van der Waals surface area contributed by atoms with Gasteiger partial charge in [0.25, 0.3) is 0 Å². The van der Waals surface area contributed by atoms with Crippen LogP contribution in [0.15, 0.2) is 11.6 Å². The Labute approximate surface area is 59.8 Å². The third-order valence-electron chi connectivity index (χ3n) is 1.48. The number of primary amides is 1. The van der Waals surface area contributed by atoms with Crippen molar-refractivity contribution < 1.29 is 9.53 Å². The van der Waals surface area contributed by atoms with E-state index in [4.69, 9.17) is 10.5 Å². The Bertz CT molecular complexity index is 155. The molecule has 1 aliphatic rings. The molecule has 1 aliphatic heterocycles. The summed E-state index contributed by atoms with van der Waals surface area (Å²) in [4.78, 5) is 10.4. The van der Waals surface area contributed by atoms with E-state index in [1.165, 1.54) is 6.08 Å². The molecule has 0 aromatic rings. The second-order valence-electron chi connectivity index (χ2n) is 2.32. The van der Waals surface area contributed by atoms with Crippen LogP contribution in [0.4, 0.5) is 0 Å². The fourth-order valence-corrected chi connectivity index (χ4v) is 0.979. The van der Waals surface area contributed by atoms with E-state index in [-0.39, 0.29) is 5.91 Å². The van der Waals surface area contributed by atoms with Gasteiger partial charge in [-0.05, 0) is 12.8 Å². The highest BCUT2D eigenvalue weighted by Gasteiger charge is 2.05. The van der Waals surface area contributed by atoms with Gasteiger partial charge >= 0.3 is 0 Å². The van der Waals surface area contributed by atoms with Crippen molar-refractivity contribution in [1.82, 2.24) is 0 Å². The molecule has 10 heavy (non-hydrogen) atoms. The molecule has 1 saturated heterocycles. The summed E-state index contributed by atoms with van der Waals surface area (Å²) in [5, 5.41) is 0. The van der Waals surface area contributed by atoms with Gasteiger partial charge in [-0.2, -0.15) is 0 Å². The molecule has 1 fully saturated rings. The van der Waals surface area contributed by atoms with Gasteiger partial charge in [0.1, 0.15) is 0 Å². The summed E-state index contributed by atoms with van der Waals surface area (Å²) in [6.45, 7) is 1.44. The van der Waals surface area contributed by atoms with Crippen LogP contribution in [0, 0.1) is 0 Å². The van der Waals surface area contributed by atoms with Crippen molar-refractivity contribution in [3.8, 4) is 0 Å². The molecule has 0 bridgehead atoms. The molecule has 56 valence electrons. The van der Waals surface area contributed by atoms with Gasteiger partial charge in [0.2, 0.25) is 5.91 Å². The zero-order valence-electron chi connectivity index (χ0n) is 5.80. The summed E-state index contributed by atoms with van der Waals surface area (Å²) in [6, 6.07) is 0. The van der Waals surface area contributed by atoms with Crippen LogP contribution in [0.25, 0.3) is 0 Å². The maximum absolute atomic E-state index is 10.4. The molecule has 1 heterocycles. The molecule has 3 nitrogen and oxygen atoms in total. The van der Waals surface area contributed by atoms with Gasteiger partial charge in [-0.3, -0.25) is 4.79 Å². The van der Waals surface area contributed by atoms with E-state index in [9.17, 15) is 4.79 Å². The first kappa shape index (κ1) is 7.28. The zero-order chi connectivity index (χ0) is 7.40. The van der Waals surface area contributed by atoms with Crippen molar-refractivity contribution in [2.45, 2.75) is 12.8 Å². The molecule has 0 saturated carbocycles. The van der Waals surface area contributed by atoms with Gasteiger partial charge in [-0.15, -0.1) is 0 Å². The number of amides is 1. The first-order valence-electron chi connectivity index (χ1n) is 3.35. The normalized spacial score (nSPS) is 18.6. The van der Waals surface area contributed by atoms with Gasteiger partial charge in [0.05, 0.1) is 13.2 Å². The highest BCUT2D eigenvalue weighted by Crippen LogP contribution is 2.11. The predicted octanol–water partition coefficient (Wildman–Crippen LogP) is 0.209. The molecule has 0 aromatic heterocycles. The molecule has 1 rings (SSSR count). The second-order valence-corrected chi connectivity index (χ2v) is 2.32. The lowest BCUT2D eigenvalue weighted by atomic mass is 10.1. The summed E-state index contributed by atoms with van der Waals surface area (Å²) in [7, 11) is 0. The van der Waals surface area contributed by atoms with Crippen LogP contribution < -0.4 is 5.73 Å². The number of hydrogen-bond donors (Lipinski definition) is 1. The van der Waals surface area contributed by atoms with Crippen LogP contribution >= 0.6 is 0 Å². The van der Waals surface area contributed by atoms with Gasteiger partial charge in [0.15, 0.2) is 0 Å². The maximum atomic E-state index is 10.4. The van der Waals surface area contributed by atoms with Crippen LogP contribution in [0.1, 0.15) is 12.8 Å². The summed E-state index contributed by atoms with van der Waals surface area (Å²) in [6.07, 6.45) is 3.20. The third kappa shape index (κ3) is 2.19. The van der Waals surface area contributed by atoms with Crippen molar-refractivity contribution in [3.05, 3.63) is 11.6 Å². The van der Waals surface area contributed by atoms with Gasteiger partial charge in [-0.1, -0.05) is 5.57 Å². The Hall–Kier alpha value is -0.830. The molecule has 0 spiro atoms. The largest absolute Gasteiger partial charge is 0.381 e. The number of carbonyl (C=O) groups is 1. The average Bonchev–Trinajstić information content (AvgIpc) is 1.88. The number of nitrogens with two attached hydrogens (primary N) is 1. The minimum atomic E-state index is -0.350. The molecular weight excluding hydrogens is 130 g/mol. The average molecular weight is 141 g/mol. The van der Waals surface area contributed by atoms with Crippen LogP contribution in [-0.4, -0.2) is 19.1 Å². The van der Waals surface area contributed by atoms with Crippen molar-refractivity contribution in [2.75, 3.05) is 13.2 Å². The number of hydrogen-bond acceptors (Lipinski definition) is 2. The predicted molar refractivity (Wildman–Crippen MR) is 37.3 cm³/mol. The van der Waals surface area contributed by atoms with Crippen molar-refractivity contribution in [1.29, 1.82) is 0 Å². The SMILES string of the molecule is NC(=O)C=C1CCOCC1. The van der Waals surface area contributed by atoms with Gasteiger partial charge in [0, 0.05) is 6.08 Å². The maximum Gasteiger partial charge on any atom is 0.241 e. The third-order valence-corrected chi connectivity index (χ3v) is 1.48. The molecular formula is C7H11NO2. The summed E-state index contributed by atoms with van der Waals surface area (Å²) < 4.78 is 5.09. The molecule has 2 N–H and O–H groups in total. The summed E-state index contributed by atoms with van der Waals surface area (Å²) in [5.74, 6) is -0.350. The minimum absolute atomic E-state index is 0.350. The summed E-state index contributed by atoms with van der Waals surface area (Å²) in [5.41, 5.74) is 6.08. The lowest BCUT2D eigenvalue weighted by Crippen LogP contribution is -2.12. The van der Waals surface area contributed by atoms with Crippen molar-refractivity contribution in [2.24, 2.45) is 5.73 Å². The molecule has 3 heteroatoms. The molecule has 0 atom stereocenters. The molecule has 0 unspecified atom stereocenters. The van der Waals surface area contributed by atoms with Crippen molar-refractivity contribution in [3.63, 3.8) is 0 Å². The summed E-state index contributed by atoms with van der Waals surface area (Å²) >= 11 is 0. The topological polar surface area (TPSA) is 52.3 Å². The second kappa shape index (κ2) is 3.37. The Morgan fingerprint density at radius 2 is 2.10 bits per heavy atom. The fraction of sp³-hybridized carbons (Fsp3) is 0.571. The molecule has 1 amide bonds. The zero-order valence-corrected chi connectivity index (χ0v) is 5.80. The van der Waals surface area contributed by atoms with Crippen molar-refractivity contribution >= 4 is 5.91 Å². The number of carbonyl (C=O) groups excluding carboxylic acids is 1. The fourth-order valence-electron chi connectivity index (χ4n) is 0.979. The lowest BCUT2D eigenvalue weighted by molar-refractivity contribution is -0.113. The highest BCUT2D eigenvalue weighted by molar-refractivity contribution is 5.86. The first-order valence-corrected chi connectivity index (χ1v) is 3.35. The lowest BCUT2D eigenvalue weighted by Gasteiger charge is -2.13. The smallest absolute Gasteiger partial charge is 0.241 e. The number of ether oxygens (including phenoxy) is 1. The molecule has 0 aliphatic carbocycles. The van der Waals surface area contributed by atoms with Crippen LogP contribution in [0.2, 0.25) is 0 Å². The van der Waals surface area contributed by atoms with Crippen LogP contribution in [0.3, 0.4) is 0 Å². The Morgan fingerprint density at radius 3 is 2.60 bits per heavy atom. The first-order chi connectivity index (χ1) is 4.79. The van der Waals surface area contributed by atoms with E-state index in [2.05, 4.69) is 0 Å². The van der Waals surface area contributed by atoms with Gasteiger partial charge in [-0.25, -0.2) is 0 Å². The van der Waals surface area contributed by atoms with E-state index >= 15 is 0 Å². The molecule has 0 radical (unpaired) electrons. The van der Waals surface area contributed by atoms with E-state index in [0.29, 0.717) is 0 Å². The van der Waals surface area contributed by atoms with E-state index in [0.717, 1.165) is 31.6 Å². The van der Waals surface area contributed by atoms with E-state index in [1.807, 2.05) is 0 Å². The Kier molecular flexibility index (Phi) is 2.45. The van der Waals surface area contributed by atoms with E-state index < -0.39 is 0 Å². The Balaban J connectivity index is 2.45. The Morgan fingerprint density at radius 1 is 1.50 bits per heavy atom.